The molecule has 5 rings (SSSR count). The highest BCUT2D eigenvalue weighted by Gasteiger charge is 2.78. The lowest BCUT2D eigenvalue weighted by Gasteiger charge is -2.55. The van der Waals surface area contributed by atoms with Gasteiger partial charge in [0.15, 0.2) is 5.79 Å². The molecule has 2 aliphatic carbocycles. The maximum absolute atomic E-state index is 13.4. The number of esters is 1. The molecule has 1 aromatic carbocycles. The molecular weight excluding hydrogens is 454 g/mol. The van der Waals surface area contributed by atoms with Crippen LogP contribution in [-0.4, -0.2) is 75.9 Å². The van der Waals surface area contributed by atoms with Crippen molar-refractivity contribution in [3.05, 3.63) is 29.8 Å². The average Bonchev–Trinajstić information content (AvgIpc) is 3.55. The molecule has 0 radical (unpaired) electrons. The first-order chi connectivity index (χ1) is 16.9. The molecule has 0 amide bonds. The molecule has 9 nitrogen and oxygen atoms in total. The van der Waals surface area contributed by atoms with E-state index in [1.165, 1.54) is 7.11 Å². The number of nitrogens with zero attached hydrogens (tertiary/aromatic N) is 1. The third-order valence-corrected chi connectivity index (χ3v) is 8.67. The predicted octanol–water partition coefficient (Wildman–Crippen LogP) is 3.06. The van der Waals surface area contributed by atoms with Crippen molar-refractivity contribution in [2.45, 2.75) is 69.1 Å². The minimum absolute atomic E-state index is 0.154. The van der Waals surface area contributed by atoms with Gasteiger partial charge in [-0.15, -0.1) is 0 Å². The van der Waals surface area contributed by atoms with Gasteiger partial charge in [-0.2, -0.15) is 5.06 Å². The zero-order valence-corrected chi connectivity index (χ0v) is 21.1. The summed E-state index contributed by atoms with van der Waals surface area (Å²) in [6, 6.07) is 7.74. The molecule has 2 aliphatic heterocycles. The Bertz CT molecular complexity index is 898. The smallest absolute Gasteiger partial charge is 0.313 e. The van der Waals surface area contributed by atoms with Crippen LogP contribution in [0.5, 0.6) is 5.75 Å². The monoisotopic (exact) mass is 491 g/mol. The summed E-state index contributed by atoms with van der Waals surface area (Å²) in [6.45, 7) is 3.74. The topological polar surface area (TPSA) is 84.9 Å². The molecule has 9 heteroatoms. The Morgan fingerprint density at radius 1 is 1.09 bits per heavy atom. The number of hydrogen-bond acceptors (Lipinski definition) is 9. The highest BCUT2D eigenvalue weighted by molar-refractivity contribution is 5.75. The molecule has 4 fully saturated rings. The van der Waals surface area contributed by atoms with E-state index in [4.69, 9.17) is 33.3 Å². The van der Waals surface area contributed by atoms with E-state index < -0.39 is 22.7 Å². The minimum Gasteiger partial charge on any atom is -0.497 e. The SMILES string of the molecule is COCO[C@H]1CC[C@H]2[C@H](C(=O)OC)[C@](C)(ON2Cc2ccc(OC)cc2)[C@]12CCCC21OCCO1. The van der Waals surface area contributed by atoms with Crippen molar-refractivity contribution >= 4 is 5.97 Å². The van der Waals surface area contributed by atoms with Crippen LogP contribution in [0.15, 0.2) is 24.3 Å². The third-order valence-electron chi connectivity index (χ3n) is 8.67. The highest BCUT2D eigenvalue weighted by Crippen LogP contribution is 2.67. The maximum Gasteiger partial charge on any atom is 0.313 e. The second kappa shape index (κ2) is 9.61. The summed E-state index contributed by atoms with van der Waals surface area (Å²) in [4.78, 5) is 20.3. The van der Waals surface area contributed by atoms with Gasteiger partial charge in [-0.1, -0.05) is 12.1 Å². The van der Waals surface area contributed by atoms with Gasteiger partial charge in [0, 0.05) is 20.1 Å². The molecule has 0 N–H and O–H groups in total. The molecule has 0 unspecified atom stereocenters. The Morgan fingerprint density at radius 2 is 1.83 bits per heavy atom. The number of carbonyl (C=O) groups is 1. The first-order valence-electron chi connectivity index (χ1n) is 12.5. The molecule has 0 aromatic heterocycles. The van der Waals surface area contributed by atoms with E-state index >= 15 is 0 Å². The summed E-state index contributed by atoms with van der Waals surface area (Å²) in [6.07, 6.45) is 3.56. The predicted molar refractivity (Wildman–Crippen MR) is 124 cm³/mol. The summed E-state index contributed by atoms with van der Waals surface area (Å²) in [5.41, 5.74) is -0.607. The molecule has 1 aromatic rings. The Morgan fingerprint density at radius 3 is 2.49 bits per heavy atom. The maximum atomic E-state index is 13.4. The largest absolute Gasteiger partial charge is 0.497 e. The number of methoxy groups -OCH3 is 3. The van der Waals surface area contributed by atoms with Gasteiger partial charge < -0.3 is 28.4 Å². The molecule has 2 heterocycles. The molecule has 5 atom stereocenters. The van der Waals surface area contributed by atoms with E-state index in [-0.39, 0.29) is 24.9 Å². The fraction of sp³-hybridized carbons (Fsp3) is 0.731. The fourth-order valence-electron chi connectivity index (χ4n) is 7.31. The summed E-state index contributed by atoms with van der Waals surface area (Å²) < 4.78 is 35.2. The second-order valence-electron chi connectivity index (χ2n) is 10.1. The second-order valence-corrected chi connectivity index (χ2v) is 10.1. The van der Waals surface area contributed by atoms with Crippen molar-refractivity contribution in [1.29, 1.82) is 0 Å². The first-order valence-corrected chi connectivity index (χ1v) is 12.5. The van der Waals surface area contributed by atoms with Crippen molar-refractivity contribution < 1.29 is 38.1 Å². The van der Waals surface area contributed by atoms with Gasteiger partial charge in [0.2, 0.25) is 0 Å². The van der Waals surface area contributed by atoms with Crippen LogP contribution in [0.3, 0.4) is 0 Å². The van der Waals surface area contributed by atoms with Crippen molar-refractivity contribution in [3.63, 3.8) is 0 Å². The van der Waals surface area contributed by atoms with Crippen LogP contribution >= 0.6 is 0 Å². The van der Waals surface area contributed by atoms with Crippen LogP contribution in [0.1, 0.15) is 44.6 Å². The highest BCUT2D eigenvalue weighted by atomic mass is 16.8. The van der Waals surface area contributed by atoms with Crippen LogP contribution in [0.2, 0.25) is 0 Å². The van der Waals surface area contributed by atoms with Crippen LogP contribution in [0, 0.1) is 11.3 Å². The van der Waals surface area contributed by atoms with Crippen LogP contribution < -0.4 is 4.74 Å². The number of hydroxylamine groups is 2. The Balaban J connectivity index is 1.58. The van der Waals surface area contributed by atoms with Gasteiger partial charge >= 0.3 is 5.97 Å². The van der Waals surface area contributed by atoms with Crippen LogP contribution in [0.4, 0.5) is 0 Å². The normalized spacial score (nSPS) is 36.1. The summed E-state index contributed by atoms with van der Waals surface area (Å²) >= 11 is 0. The number of hydrogen-bond donors (Lipinski definition) is 0. The van der Waals surface area contributed by atoms with Gasteiger partial charge in [0.1, 0.15) is 24.1 Å². The van der Waals surface area contributed by atoms with Gasteiger partial charge in [-0.3, -0.25) is 9.63 Å². The van der Waals surface area contributed by atoms with E-state index in [0.717, 1.165) is 37.0 Å². The molecule has 2 bridgehead atoms. The Labute approximate surface area is 206 Å². The Hall–Kier alpha value is -1.75. The minimum atomic E-state index is -0.965. The first kappa shape index (κ1) is 24.9. The quantitative estimate of drug-likeness (QED) is 0.422. The van der Waals surface area contributed by atoms with E-state index in [2.05, 4.69) is 0 Å². The number of fused-ring (bicyclic) bond motifs is 4. The zero-order chi connectivity index (χ0) is 24.7. The summed E-state index contributed by atoms with van der Waals surface area (Å²) in [5, 5.41) is 1.97. The Kier molecular flexibility index (Phi) is 6.84. The van der Waals surface area contributed by atoms with Gasteiger partial charge in [-0.05, 0) is 50.3 Å². The van der Waals surface area contributed by atoms with E-state index in [1.807, 2.05) is 36.3 Å². The van der Waals surface area contributed by atoms with Crippen molar-refractivity contribution in [2.75, 3.05) is 41.3 Å². The molecule has 2 spiro atoms. The van der Waals surface area contributed by atoms with Crippen LogP contribution in [0.25, 0.3) is 0 Å². The van der Waals surface area contributed by atoms with Gasteiger partial charge in [0.25, 0.3) is 0 Å². The molecule has 2 saturated heterocycles. The molecule has 2 saturated carbocycles. The lowest BCUT2D eigenvalue weighted by molar-refractivity contribution is -0.351. The van der Waals surface area contributed by atoms with E-state index in [0.29, 0.717) is 26.2 Å². The van der Waals surface area contributed by atoms with E-state index in [1.54, 1.807) is 14.2 Å². The molecular formula is C26H37NO8. The summed E-state index contributed by atoms with van der Waals surface area (Å²) in [7, 11) is 4.72. The number of benzene rings is 1. The van der Waals surface area contributed by atoms with E-state index in [9.17, 15) is 4.79 Å². The number of rotatable bonds is 7. The van der Waals surface area contributed by atoms with Crippen molar-refractivity contribution in [1.82, 2.24) is 5.06 Å². The van der Waals surface area contributed by atoms with Crippen molar-refractivity contribution in [3.8, 4) is 5.75 Å². The lowest BCUT2D eigenvalue weighted by Crippen LogP contribution is -2.67. The zero-order valence-electron chi connectivity index (χ0n) is 21.1. The molecule has 4 aliphatic rings. The molecule has 35 heavy (non-hydrogen) atoms. The molecule has 194 valence electrons. The standard InChI is InChI=1S/C26H37NO8/c1-24-22(23(28)31-4)20(27(35-24)16-18-6-8-19(30-3)9-7-18)10-11-21(32-17-29-2)25(24)12-5-13-26(25)33-14-15-34-26/h6-9,20-22H,5,10-17H2,1-4H3/t20-,21-,22+,24-,25-/m0/s1. The summed E-state index contributed by atoms with van der Waals surface area (Å²) in [5.74, 6) is -0.880. The van der Waals surface area contributed by atoms with Crippen molar-refractivity contribution in [2.24, 2.45) is 11.3 Å². The van der Waals surface area contributed by atoms with Crippen LogP contribution in [-0.2, 0) is 39.9 Å². The van der Waals surface area contributed by atoms with Gasteiger partial charge in [-0.25, -0.2) is 0 Å². The van der Waals surface area contributed by atoms with Gasteiger partial charge in [0.05, 0.1) is 45.0 Å². The lowest BCUT2D eigenvalue weighted by atomic mass is 9.60. The number of carbonyl (C=O) groups excluding carboxylic acids is 1. The number of ether oxygens (including phenoxy) is 6. The third kappa shape index (κ3) is 3.70. The average molecular weight is 492 g/mol. The fourth-order valence-corrected chi connectivity index (χ4v) is 7.31.